The maximum atomic E-state index is 11.1. The van der Waals surface area contributed by atoms with Crippen molar-refractivity contribution in [3.63, 3.8) is 0 Å². The van der Waals surface area contributed by atoms with Crippen LogP contribution in [0, 0.1) is 0 Å². The molecular formula is C17H19NO3. The van der Waals surface area contributed by atoms with Crippen LogP contribution in [0.5, 0.6) is 5.75 Å². The number of ether oxygens (including phenoxy) is 1. The molecule has 2 rings (SSSR count). The number of rotatable bonds is 7. The van der Waals surface area contributed by atoms with Gasteiger partial charge in [-0.3, -0.25) is 4.79 Å². The molecule has 21 heavy (non-hydrogen) atoms. The second-order valence-electron chi connectivity index (χ2n) is 4.62. The number of para-hydroxylation sites is 1. The van der Waals surface area contributed by atoms with Crippen LogP contribution in [0.2, 0.25) is 0 Å². The van der Waals surface area contributed by atoms with E-state index in [4.69, 9.17) is 9.84 Å². The molecule has 2 N–H and O–H groups in total. The number of benzene rings is 2. The van der Waals surface area contributed by atoms with E-state index in [9.17, 15) is 4.79 Å². The molecule has 2 aromatic rings. The highest BCUT2D eigenvalue weighted by Gasteiger charge is 2.17. The first-order valence-electron chi connectivity index (χ1n) is 6.95. The fourth-order valence-electron chi connectivity index (χ4n) is 2.09. The zero-order chi connectivity index (χ0) is 15.1. The summed E-state index contributed by atoms with van der Waals surface area (Å²) in [5, 5.41) is 12.0. The Kier molecular flexibility index (Phi) is 5.35. The van der Waals surface area contributed by atoms with Crippen LogP contribution in [0.3, 0.4) is 0 Å². The summed E-state index contributed by atoms with van der Waals surface area (Å²) in [6.45, 7) is 2.54. The van der Waals surface area contributed by atoms with Crippen molar-refractivity contribution in [2.24, 2.45) is 0 Å². The standard InChI is InChI=1S/C17H19NO3/c1-2-18-15(17(19)20)12-21-16-11-7-6-10-14(16)13-8-4-3-5-9-13/h3-11,15,18H,2,12H2,1H3,(H,19,20). The minimum absolute atomic E-state index is 0.0903. The van der Waals surface area contributed by atoms with Crippen molar-refractivity contribution >= 4 is 5.97 Å². The quantitative estimate of drug-likeness (QED) is 0.821. The second kappa shape index (κ2) is 7.45. The van der Waals surface area contributed by atoms with Crippen LogP contribution < -0.4 is 10.1 Å². The van der Waals surface area contributed by atoms with Gasteiger partial charge in [0.15, 0.2) is 0 Å². The molecule has 0 bridgehead atoms. The van der Waals surface area contributed by atoms with E-state index in [2.05, 4.69) is 5.32 Å². The molecule has 0 aromatic heterocycles. The maximum absolute atomic E-state index is 11.1. The summed E-state index contributed by atoms with van der Waals surface area (Å²) >= 11 is 0. The van der Waals surface area contributed by atoms with Crippen LogP contribution in [0.4, 0.5) is 0 Å². The van der Waals surface area contributed by atoms with Gasteiger partial charge in [0.05, 0.1) is 0 Å². The van der Waals surface area contributed by atoms with Gasteiger partial charge in [-0.1, -0.05) is 55.5 Å². The first-order chi connectivity index (χ1) is 10.2. The summed E-state index contributed by atoms with van der Waals surface area (Å²) in [7, 11) is 0. The van der Waals surface area contributed by atoms with Gasteiger partial charge in [-0.2, -0.15) is 0 Å². The molecule has 0 saturated carbocycles. The van der Waals surface area contributed by atoms with Crippen LogP contribution >= 0.6 is 0 Å². The molecule has 0 saturated heterocycles. The Morgan fingerprint density at radius 2 is 1.81 bits per heavy atom. The van der Waals surface area contributed by atoms with E-state index >= 15 is 0 Å². The van der Waals surface area contributed by atoms with Crippen LogP contribution in [0.15, 0.2) is 54.6 Å². The molecule has 0 aliphatic heterocycles. The molecule has 0 amide bonds. The highest BCUT2D eigenvalue weighted by Crippen LogP contribution is 2.29. The molecule has 0 spiro atoms. The largest absolute Gasteiger partial charge is 0.491 e. The van der Waals surface area contributed by atoms with Crippen molar-refractivity contribution in [1.29, 1.82) is 0 Å². The normalized spacial score (nSPS) is 11.9. The zero-order valence-electron chi connectivity index (χ0n) is 12.0. The van der Waals surface area contributed by atoms with Gasteiger partial charge in [0, 0.05) is 5.56 Å². The summed E-state index contributed by atoms with van der Waals surface area (Å²) < 4.78 is 5.72. The number of nitrogens with one attached hydrogen (secondary N) is 1. The molecule has 0 aliphatic carbocycles. The monoisotopic (exact) mass is 285 g/mol. The predicted octanol–water partition coefficient (Wildman–Crippen LogP) is 2.80. The number of carbonyl (C=O) groups is 1. The van der Waals surface area contributed by atoms with E-state index in [0.717, 1.165) is 11.1 Å². The Balaban J connectivity index is 2.16. The second-order valence-corrected chi connectivity index (χ2v) is 4.62. The van der Waals surface area contributed by atoms with Gasteiger partial charge >= 0.3 is 5.97 Å². The molecule has 1 atom stereocenters. The zero-order valence-corrected chi connectivity index (χ0v) is 12.0. The van der Waals surface area contributed by atoms with Crippen LogP contribution in [-0.4, -0.2) is 30.3 Å². The lowest BCUT2D eigenvalue weighted by Gasteiger charge is -2.16. The van der Waals surface area contributed by atoms with Gasteiger partial charge < -0.3 is 15.2 Å². The van der Waals surface area contributed by atoms with Gasteiger partial charge in [-0.05, 0) is 18.2 Å². The summed E-state index contributed by atoms with van der Waals surface area (Å²) in [4.78, 5) is 11.1. The maximum Gasteiger partial charge on any atom is 0.324 e. The molecular weight excluding hydrogens is 266 g/mol. The number of carboxylic acids is 1. The Labute approximate surface area is 124 Å². The SMILES string of the molecule is CCNC(COc1ccccc1-c1ccccc1)C(=O)O. The van der Waals surface area contributed by atoms with E-state index in [0.29, 0.717) is 12.3 Å². The Morgan fingerprint density at radius 1 is 1.14 bits per heavy atom. The van der Waals surface area contributed by atoms with Crippen molar-refractivity contribution < 1.29 is 14.6 Å². The minimum atomic E-state index is -0.908. The third-order valence-electron chi connectivity index (χ3n) is 3.13. The van der Waals surface area contributed by atoms with Crippen LogP contribution in [0.1, 0.15) is 6.92 Å². The number of aliphatic carboxylic acids is 1. The molecule has 0 aliphatic rings. The van der Waals surface area contributed by atoms with Crippen LogP contribution in [0.25, 0.3) is 11.1 Å². The van der Waals surface area contributed by atoms with Gasteiger partial charge in [-0.25, -0.2) is 0 Å². The lowest BCUT2D eigenvalue weighted by atomic mass is 10.1. The van der Waals surface area contributed by atoms with Crippen molar-refractivity contribution in [2.75, 3.05) is 13.2 Å². The topological polar surface area (TPSA) is 58.6 Å². The number of hydrogen-bond donors (Lipinski definition) is 2. The fourth-order valence-corrected chi connectivity index (χ4v) is 2.09. The van der Waals surface area contributed by atoms with Gasteiger partial charge in [0.25, 0.3) is 0 Å². The van der Waals surface area contributed by atoms with Gasteiger partial charge in [0.2, 0.25) is 0 Å². The molecule has 0 heterocycles. The van der Waals surface area contributed by atoms with Crippen molar-refractivity contribution in [3.8, 4) is 16.9 Å². The van der Waals surface area contributed by atoms with Gasteiger partial charge in [-0.15, -0.1) is 0 Å². The molecule has 0 fully saturated rings. The van der Waals surface area contributed by atoms with E-state index < -0.39 is 12.0 Å². The first-order valence-corrected chi connectivity index (χ1v) is 6.95. The van der Waals surface area contributed by atoms with Crippen molar-refractivity contribution in [2.45, 2.75) is 13.0 Å². The van der Waals surface area contributed by atoms with E-state index in [-0.39, 0.29) is 6.61 Å². The Hall–Kier alpha value is -2.33. The third kappa shape index (κ3) is 4.07. The third-order valence-corrected chi connectivity index (χ3v) is 3.13. The van der Waals surface area contributed by atoms with Gasteiger partial charge in [0.1, 0.15) is 18.4 Å². The summed E-state index contributed by atoms with van der Waals surface area (Å²) in [6, 6.07) is 16.8. The number of carboxylic acid groups (broad SMARTS) is 1. The minimum Gasteiger partial charge on any atom is -0.491 e. The fraction of sp³-hybridized carbons (Fsp3) is 0.235. The number of likely N-dealkylation sites (N-methyl/N-ethyl adjacent to an activating group) is 1. The Bertz CT molecular complexity index is 584. The lowest BCUT2D eigenvalue weighted by molar-refractivity contribution is -0.140. The Morgan fingerprint density at radius 3 is 2.48 bits per heavy atom. The van der Waals surface area contributed by atoms with E-state index in [1.807, 2.05) is 61.5 Å². The molecule has 110 valence electrons. The van der Waals surface area contributed by atoms with Crippen LogP contribution in [-0.2, 0) is 4.79 Å². The summed E-state index contributed by atoms with van der Waals surface area (Å²) in [5.41, 5.74) is 2.00. The molecule has 0 radical (unpaired) electrons. The average Bonchev–Trinajstić information content (AvgIpc) is 2.52. The lowest BCUT2D eigenvalue weighted by Crippen LogP contribution is -2.41. The predicted molar refractivity (Wildman–Crippen MR) is 82.5 cm³/mol. The smallest absolute Gasteiger partial charge is 0.324 e. The summed E-state index contributed by atoms with van der Waals surface area (Å²) in [5.74, 6) is -0.220. The highest BCUT2D eigenvalue weighted by molar-refractivity contribution is 5.74. The number of hydrogen-bond acceptors (Lipinski definition) is 3. The van der Waals surface area contributed by atoms with E-state index in [1.165, 1.54) is 0 Å². The summed E-state index contributed by atoms with van der Waals surface area (Å²) in [6.07, 6.45) is 0. The molecule has 1 unspecified atom stereocenters. The van der Waals surface area contributed by atoms with E-state index in [1.54, 1.807) is 0 Å². The van der Waals surface area contributed by atoms with Crippen molar-refractivity contribution in [1.82, 2.24) is 5.32 Å². The molecule has 4 heteroatoms. The van der Waals surface area contributed by atoms with Crippen molar-refractivity contribution in [3.05, 3.63) is 54.6 Å². The molecule has 2 aromatic carbocycles. The average molecular weight is 285 g/mol. The first kappa shape index (κ1) is 15.1. The highest BCUT2D eigenvalue weighted by atomic mass is 16.5. The molecule has 4 nitrogen and oxygen atoms in total.